The van der Waals surface area contributed by atoms with Gasteiger partial charge in [0.25, 0.3) is 0 Å². The van der Waals surface area contributed by atoms with E-state index in [-0.39, 0.29) is 18.3 Å². The zero-order chi connectivity index (χ0) is 15.1. The Balaban J connectivity index is 1.99. The van der Waals surface area contributed by atoms with E-state index in [0.717, 1.165) is 5.69 Å². The van der Waals surface area contributed by atoms with Gasteiger partial charge in [0, 0.05) is 16.8 Å². The van der Waals surface area contributed by atoms with E-state index < -0.39 is 0 Å². The Morgan fingerprint density at radius 1 is 0.952 bits per heavy atom. The van der Waals surface area contributed by atoms with Crippen LogP contribution in [0.25, 0.3) is 0 Å². The standard InChI is InChI=1S/C17H17NO3/c1-2-21-16(19)12-18-15-10-8-14(9-11-15)17(20)13-6-4-3-5-7-13/h3-11,18H,2,12H2,1H3. The third-order valence-electron chi connectivity index (χ3n) is 2.93. The van der Waals surface area contributed by atoms with E-state index in [4.69, 9.17) is 4.74 Å². The van der Waals surface area contributed by atoms with Crippen molar-refractivity contribution < 1.29 is 14.3 Å². The number of carbonyl (C=O) groups excluding carboxylic acids is 2. The van der Waals surface area contributed by atoms with Crippen LogP contribution >= 0.6 is 0 Å². The van der Waals surface area contributed by atoms with Gasteiger partial charge >= 0.3 is 5.97 Å². The number of hydrogen-bond donors (Lipinski definition) is 1. The Bertz CT molecular complexity index is 606. The Kier molecular flexibility index (Phi) is 5.10. The van der Waals surface area contributed by atoms with E-state index in [2.05, 4.69) is 5.32 Å². The predicted molar refractivity (Wildman–Crippen MR) is 81.4 cm³/mol. The average molecular weight is 283 g/mol. The van der Waals surface area contributed by atoms with Gasteiger partial charge in [-0.2, -0.15) is 0 Å². The number of carbonyl (C=O) groups is 2. The van der Waals surface area contributed by atoms with Crippen LogP contribution in [0.15, 0.2) is 54.6 Å². The van der Waals surface area contributed by atoms with Crippen LogP contribution < -0.4 is 5.32 Å². The Labute approximate surface area is 123 Å². The summed E-state index contributed by atoms with van der Waals surface area (Å²) in [6.07, 6.45) is 0. The fraction of sp³-hybridized carbons (Fsp3) is 0.176. The average Bonchev–Trinajstić information content (AvgIpc) is 2.54. The van der Waals surface area contributed by atoms with Crippen molar-refractivity contribution in [2.75, 3.05) is 18.5 Å². The number of rotatable bonds is 6. The first-order valence-corrected chi connectivity index (χ1v) is 6.80. The van der Waals surface area contributed by atoms with Gasteiger partial charge in [-0.05, 0) is 31.2 Å². The summed E-state index contributed by atoms with van der Waals surface area (Å²) < 4.78 is 4.83. The zero-order valence-corrected chi connectivity index (χ0v) is 11.8. The highest BCUT2D eigenvalue weighted by molar-refractivity contribution is 6.09. The second-order valence-corrected chi connectivity index (χ2v) is 4.43. The summed E-state index contributed by atoms with van der Waals surface area (Å²) in [6.45, 7) is 2.24. The van der Waals surface area contributed by atoms with Crippen LogP contribution in [-0.2, 0) is 9.53 Å². The molecule has 0 aliphatic carbocycles. The first kappa shape index (κ1) is 14.8. The minimum Gasteiger partial charge on any atom is -0.465 e. The van der Waals surface area contributed by atoms with Crippen molar-refractivity contribution in [3.05, 3.63) is 65.7 Å². The minimum absolute atomic E-state index is 0.0208. The lowest BCUT2D eigenvalue weighted by atomic mass is 10.0. The highest BCUT2D eigenvalue weighted by Gasteiger charge is 2.08. The van der Waals surface area contributed by atoms with Gasteiger partial charge in [-0.3, -0.25) is 9.59 Å². The molecule has 0 aromatic heterocycles. The summed E-state index contributed by atoms with van der Waals surface area (Å²) in [6, 6.07) is 16.1. The molecule has 0 heterocycles. The normalized spacial score (nSPS) is 9.95. The molecule has 0 saturated carbocycles. The molecule has 1 N–H and O–H groups in total. The minimum atomic E-state index is -0.304. The predicted octanol–water partition coefficient (Wildman–Crippen LogP) is 2.89. The molecule has 0 radical (unpaired) electrons. The number of benzene rings is 2. The second-order valence-electron chi connectivity index (χ2n) is 4.43. The smallest absolute Gasteiger partial charge is 0.325 e. The number of ketones is 1. The number of nitrogens with one attached hydrogen (secondary N) is 1. The fourth-order valence-corrected chi connectivity index (χ4v) is 1.88. The summed E-state index contributed by atoms with van der Waals surface area (Å²) in [7, 11) is 0. The SMILES string of the molecule is CCOC(=O)CNc1ccc(C(=O)c2ccccc2)cc1. The van der Waals surface area contributed by atoms with Crippen LogP contribution in [0.5, 0.6) is 0 Å². The topological polar surface area (TPSA) is 55.4 Å². The molecule has 0 bridgehead atoms. The third kappa shape index (κ3) is 4.18. The highest BCUT2D eigenvalue weighted by Crippen LogP contribution is 2.13. The molecule has 4 nitrogen and oxygen atoms in total. The van der Waals surface area contributed by atoms with Crippen molar-refractivity contribution in [3.63, 3.8) is 0 Å². The van der Waals surface area contributed by atoms with Gasteiger partial charge in [0.15, 0.2) is 5.78 Å². The first-order valence-electron chi connectivity index (χ1n) is 6.80. The van der Waals surface area contributed by atoms with Crippen molar-refractivity contribution in [3.8, 4) is 0 Å². The molecule has 2 rings (SSSR count). The number of anilines is 1. The van der Waals surface area contributed by atoms with E-state index in [0.29, 0.717) is 17.7 Å². The Morgan fingerprint density at radius 3 is 2.19 bits per heavy atom. The monoisotopic (exact) mass is 283 g/mol. The van der Waals surface area contributed by atoms with E-state index in [9.17, 15) is 9.59 Å². The summed E-state index contributed by atoms with van der Waals surface area (Å²) in [5.41, 5.74) is 2.04. The van der Waals surface area contributed by atoms with Gasteiger partial charge < -0.3 is 10.1 Å². The van der Waals surface area contributed by atoms with E-state index in [1.54, 1.807) is 43.3 Å². The largest absolute Gasteiger partial charge is 0.465 e. The Morgan fingerprint density at radius 2 is 1.57 bits per heavy atom. The van der Waals surface area contributed by atoms with Gasteiger partial charge in [0.05, 0.1) is 6.61 Å². The molecule has 2 aromatic carbocycles. The molecule has 0 spiro atoms. The molecule has 4 heteroatoms. The van der Waals surface area contributed by atoms with Crippen molar-refractivity contribution in [1.82, 2.24) is 0 Å². The molecular formula is C17H17NO3. The van der Waals surface area contributed by atoms with Gasteiger partial charge in [-0.1, -0.05) is 30.3 Å². The van der Waals surface area contributed by atoms with E-state index in [1.165, 1.54) is 0 Å². The van der Waals surface area contributed by atoms with Crippen LogP contribution in [0, 0.1) is 0 Å². The lowest BCUT2D eigenvalue weighted by molar-refractivity contribution is -0.140. The van der Waals surface area contributed by atoms with Gasteiger partial charge in [-0.25, -0.2) is 0 Å². The highest BCUT2D eigenvalue weighted by atomic mass is 16.5. The van der Waals surface area contributed by atoms with E-state index in [1.807, 2.05) is 18.2 Å². The third-order valence-corrected chi connectivity index (χ3v) is 2.93. The molecule has 0 fully saturated rings. The van der Waals surface area contributed by atoms with Crippen LogP contribution in [0.2, 0.25) is 0 Å². The number of esters is 1. The van der Waals surface area contributed by atoms with Crippen molar-refractivity contribution in [1.29, 1.82) is 0 Å². The van der Waals surface area contributed by atoms with Crippen LogP contribution in [0.4, 0.5) is 5.69 Å². The lowest BCUT2D eigenvalue weighted by Crippen LogP contribution is -2.16. The molecule has 0 saturated heterocycles. The summed E-state index contributed by atoms with van der Waals surface area (Å²) in [5, 5.41) is 2.95. The molecular weight excluding hydrogens is 266 g/mol. The lowest BCUT2D eigenvalue weighted by Gasteiger charge is -2.07. The number of hydrogen-bond acceptors (Lipinski definition) is 4. The zero-order valence-electron chi connectivity index (χ0n) is 11.8. The van der Waals surface area contributed by atoms with Crippen LogP contribution in [0.1, 0.15) is 22.8 Å². The van der Waals surface area contributed by atoms with Crippen LogP contribution in [0.3, 0.4) is 0 Å². The van der Waals surface area contributed by atoms with Crippen molar-refractivity contribution >= 4 is 17.4 Å². The molecule has 0 aliphatic rings. The first-order chi connectivity index (χ1) is 10.2. The molecule has 108 valence electrons. The molecule has 0 atom stereocenters. The van der Waals surface area contributed by atoms with Crippen molar-refractivity contribution in [2.45, 2.75) is 6.92 Å². The molecule has 2 aromatic rings. The number of ether oxygens (including phenoxy) is 1. The maximum Gasteiger partial charge on any atom is 0.325 e. The molecule has 21 heavy (non-hydrogen) atoms. The van der Waals surface area contributed by atoms with E-state index >= 15 is 0 Å². The summed E-state index contributed by atoms with van der Waals surface area (Å²) in [4.78, 5) is 23.5. The van der Waals surface area contributed by atoms with Crippen molar-refractivity contribution in [2.24, 2.45) is 0 Å². The maximum absolute atomic E-state index is 12.2. The summed E-state index contributed by atoms with van der Waals surface area (Å²) >= 11 is 0. The van der Waals surface area contributed by atoms with Crippen LogP contribution in [-0.4, -0.2) is 24.9 Å². The summed E-state index contributed by atoms with van der Waals surface area (Å²) in [5.74, 6) is -0.325. The van der Waals surface area contributed by atoms with Gasteiger partial charge in [0.1, 0.15) is 6.54 Å². The fourth-order valence-electron chi connectivity index (χ4n) is 1.88. The maximum atomic E-state index is 12.2. The molecule has 0 aliphatic heterocycles. The van der Waals surface area contributed by atoms with Gasteiger partial charge in [0.2, 0.25) is 0 Å². The Hall–Kier alpha value is -2.62. The van der Waals surface area contributed by atoms with Gasteiger partial charge in [-0.15, -0.1) is 0 Å². The second kappa shape index (κ2) is 7.24. The molecule has 0 amide bonds. The quantitative estimate of drug-likeness (QED) is 0.654. The molecule has 0 unspecified atom stereocenters.